The quantitative estimate of drug-likeness (QED) is 0.693. The van der Waals surface area contributed by atoms with E-state index in [1.54, 1.807) is 0 Å². The number of ketones is 1. The molecule has 14 heavy (non-hydrogen) atoms. The Morgan fingerprint density at radius 2 is 2.00 bits per heavy atom. The van der Waals surface area contributed by atoms with Gasteiger partial charge in [0, 0.05) is 5.69 Å². The highest BCUT2D eigenvalue weighted by atomic mass is 19.4. The second kappa shape index (κ2) is 3.73. The van der Waals surface area contributed by atoms with Crippen molar-refractivity contribution in [3.63, 3.8) is 0 Å². The van der Waals surface area contributed by atoms with E-state index in [4.69, 9.17) is 0 Å². The molecule has 0 unspecified atom stereocenters. The van der Waals surface area contributed by atoms with Crippen molar-refractivity contribution < 1.29 is 22.4 Å². The first kappa shape index (κ1) is 10.6. The van der Waals surface area contributed by atoms with E-state index in [9.17, 15) is 22.4 Å². The van der Waals surface area contributed by atoms with E-state index in [0.717, 1.165) is 18.3 Å². The van der Waals surface area contributed by atoms with Crippen LogP contribution in [0.3, 0.4) is 0 Å². The Hall–Kier alpha value is -1.46. The maximum Gasteiger partial charge on any atom is 0.450 e. The predicted molar refractivity (Wildman–Crippen MR) is 39.0 cm³/mol. The summed E-state index contributed by atoms with van der Waals surface area (Å²) in [7, 11) is 0. The monoisotopic (exact) mass is 207 g/mol. The average molecular weight is 207 g/mol. The molecule has 1 aromatic rings. The minimum Gasteiger partial charge on any atom is -0.289 e. The number of Topliss-reactive ketones (excluding diaryl/α,β-unsaturated/α-hetero) is 1. The summed E-state index contributed by atoms with van der Waals surface area (Å²) in [4.78, 5) is 13.8. The lowest BCUT2D eigenvalue weighted by Crippen LogP contribution is -2.24. The van der Waals surface area contributed by atoms with Gasteiger partial charge in [-0.05, 0) is 12.1 Å². The summed E-state index contributed by atoms with van der Waals surface area (Å²) in [6.07, 6.45) is -4.96. The number of alkyl halides is 3. The maximum atomic E-state index is 12.3. The molecule has 0 aliphatic rings. The lowest BCUT2D eigenvalue weighted by atomic mass is 10.2. The smallest absolute Gasteiger partial charge is 0.289 e. The van der Waals surface area contributed by atoms with E-state index < -0.39 is 24.2 Å². The van der Waals surface area contributed by atoms with Crippen LogP contribution in [0.4, 0.5) is 17.6 Å². The van der Waals surface area contributed by atoms with Crippen LogP contribution in [0, 0.1) is 5.82 Å². The van der Waals surface area contributed by atoms with Gasteiger partial charge in [0.15, 0.2) is 0 Å². The maximum absolute atomic E-state index is 12.3. The van der Waals surface area contributed by atoms with Gasteiger partial charge < -0.3 is 0 Å². The highest BCUT2D eigenvalue weighted by Gasteiger charge is 2.37. The first-order chi connectivity index (χ1) is 6.39. The third kappa shape index (κ3) is 2.79. The molecule has 0 fully saturated rings. The second-order valence-corrected chi connectivity index (χ2v) is 2.57. The first-order valence-electron chi connectivity index (χ1n) is 3.60. The van der Waals surface area contributed by atoms with E-state index in [0.29, 0.717) is 0 Å². The van der Waals surface area contributed by atoms with Crippen LogP contribution in [0.2, 0.25) is 0 Å². The zero-order valence-electron chi connectivity index (χ0n) is 6.81. The summed E-state index contributed by atoms with van der Waals surface area (Å²) < 4.78 is 47.6. The molecule has 0 bridgehead atoms. The average Bonchev–Trinajstić information content (AvgIpc) is 2.07. The number of rotatable bonds is 2. The lowest BCUT2D eigenvalue weighted by molar-refractivity contribution is -0.170. The van der Waals surface area contributed by atoms with Gasteiger partial charge in [0.1, 0.15) is 5.82 Å². The van der Waals surface area contributed by atoms with Gasteiger partial charge in [0.25, 0.3) is 0 Å². The number of nitrogens with zero attached hydrogens (tertiary/aromatic N) is 1. The molecule has 1 heterocycles. The number of carbonyl (C=O) groups is 1. The van der Waals surface area contributed by atoms with Crippen LogP contribution in [-0.2, 0) is 11.2 Å². The largest absolute Gasteiger partial charge is 0.450 e. The molecular weight excluding hydrogens is 202 g/mol. The molecule has 0 saturated carbocycles. The van der Waals surface area contributed by atoms with Crippen LogP contribution < -0.4 is 0 Å². The molecule has 6 heteroatoms. The molecule has 1 aromatic heterocycles. The van der Waals surface area contributed by atoms with Crippen LogP contribution >= 0.6 is 0 Å². The van der Waals surface area contributed by atoms with Crippen molar-refractivity contribution >= 4 is 5.78 Å². The van der Waals surface area contributed by atoms with Crippen molar-refractivity contribution in [2.45, 2.75) is 12.6 Å². The van der Waals surface area contributed by atoms with E-state index in [2.05, 4.69) is 4.98 Å². The highest BCUT2D eigenvalue weighted by Crippen LogP contribution is 2.18. The van der Waals surface area contributed by atoms with Crippen LogP contribution in [-0.4, -0.2) is 16.9 Å². The van der Waals surface area contributed by atoms with E-state index >= 15 is 0 Å². The zero-order valence-corrected chi connectivity index (χ0v) is 6.81. The topological polar surface area (TPSA) is 30.0 Å². The van der Waals surface area contributed by atoms with Gasteiger partial charge in [-0.25, -0.2) is 4.39 Å². The summed E-state index contributed by atoms with van der Waals surface area (Å²) in [5, 5.41) is 0. The summed E-state index contributed by atoms with van der Waals surface area (Å²) in [6.45, 7) is 0. The van der Waals surface area contributed by atoms with Gasteiger partial charge in [-0.1, -0.05) is 0 Å². The summed E-state index contributed by atoms with van der Waals surface area (Å²) >= 11 is 0. The van der Waals surface area contributed by atoms with E-state index in [-0.39, 0.29) is 5.69 Å². The molecule has 0 saturated heterocycles. The van der Waals surface area contributed by atoms with Gasteiger partial charge in [-0.15, -0.1) is 0 Å². The predicted octanol–water partition coefficient (Wildman–Crippen LogP) is 1.89. The molecule has 0 atom stereocenters. The molecule has 0 aromatic carbocycles. The van der Waals surface area contributed by atoms with Crippen LogP contribution in [0.25, 0.3) is 0 Å². The van der Waals surface area contributed by atoms with Gasteiger partial charge in [0.05, 0.1) is 12.6 Å². The van der Waals surface area contributed by atoms with Gasteiger partial charge in [0.2, 0.25) is 5.78 Å². The molecule has 0 amide bonds. The Morgan fingerprint density at radius 1 is 1.36 bits per heavy atom. The molecule has 76 valence electrons. The lowest BCUT2D eigenvalue weighted by Gasteiger charge is -2.03. The van der Waals surface area contributed by atoms with Crippen LogP contribution in [0.1, 0.15) is 5.69 Å². The molecular formula is C8H5F4NO. The summed E-state index contributed by atoms with van der Waals surface area (Å²) in [5.41, 5.74) is -0.103. The summed E-state index contributed by atoms with van der Waals surface area (Å²) in [6, 6.07) is 1.99. The number of carbonyl (C=O) groups excluding carboxylic acids is 1. The van der Waals surface area contributed by atoms with E-state index in [1.807, 2.05) is 0 Å². The molecule has 0 N–H and O–H groups in total. The van der Waals surface area contributed by atoms with E-state index in [1.165, 1.54) is 0 Å². The van der Waals surface area contributed by atoms with Gasteiger partial charge in [-0.2, -0.15) is 13.2 Å². The third-order valence-corrected chi connectivity index (χ3v) is 1.45. The Morgan fingerprint density at radius 3 is 2.43 bits per heavy atom. The van der Waals surface area contributed by atoms with Crippen molar-refractivity contribution in [1.82, 2.24) is 4.98 Å². The van der Waals surface area contributed by atoms with Gasteiger partial charge >= 0.3 is 6.18 Å². The van der Waals surface area contributed by atoms with Crippen LogP contribution in [0.5, 0.6) is 0 Å². The molecule has 0 spiro atoms. The van der Waals surface area contributed by atoms with Crippen LogP contribution in [0.15, 0.2) is 18.3 Å². The molecule has 2 nitrogen and oxygen atoms in total. The van der Waals surface area contributed by atoms with Gasteiger partial charge in [-0.3, -0.25) is 9.78 Å². The first-order valence-corrected chi connectivity index (χ1v) is 3.60. The normalized spacial score (nSPS) is 11.4. The SMILES string of the molecule is O=C(Cc1ccc(F)cn1)C(F)(F)F. The Balaban J connectivity index is 2.71. The Labute approximate surface area is 76.6 Å². The zero-order chi connectivity index (χ0) is 10.8. The standard InChI is InChI=1S/C8H5F4NO/c9-5-1-2-6(13-4-5)3-7(14)8(10,11)12/h1-2,4H,3H2. The van der Waals surface area contributed by atoms with Crippen molar-refractivity contribution in [2.75, 3.05) is 0 Å². The van der Waals surface area contributed by atoms with Crippen molar-refractivity contribution in [3.05, 3.63) is 29.8 Å². The Bertz CT molecular complexity index is 330. The van der Waals surface area contributed by atoms with Crippen molar-refractivity contribution in [2.24, 2.45) is 0 Å². The molecule has 0 radical (unpaired) electrons. The van der Waals surface area contributed by atoms with Crippen molar-refractivity contribution in [3.8, 4) is 0 Å². The minimum atomic E-state index is -4.87. The third-order valence-electron chi connectivity index (χ3n) is 1.45. The Kier molecular flexibility index (Phi) is 2.83. The fraction of sp³-hybridized carbons (Fsp3) is 0.250. The minimum absolute atomic E-state index is 0.103. The number of hydrogen-bond acceptors (Lipinski definition) is 2. The highest BCUT2D eigenvalue weighted by molar-refractivity contribution is 5.85. The number of aromatic nitrogens is 1. The number of hydrogen-bond donors (Lipinski definition) is 0. The molecule has 1 rings (SSSR count). The van der Waals surface area contributed by atoms with Crippen molar-refractivity contribution in [1.29, 1.82) is 0 Å². The second-order valence-electron chi connectivity index (χ2n) is 2.57. The number of pyridine rings is 1. The molecule has 0 aliphatic heterocycles. The number of halogens is 4. The fourth-order valence-electron chi connectivity index (χ4n) is 0.776. The molecule has 0 aliphatic carbocycles. The summed E-state index contributed by atoms with van der Waals surface area (Å²) in [5.74, 6) is -2.55. The fourth-order valence-corrected chi connectivity index (χ4v) is 0.776.